The second-order valence-electron chi connectivity index (χ2n) is 32.6. The minimum Gasteiger partial charge on any atom is -0.492 e. The SMILES string of the molecule is CCN(C(C)=O)[C@H]1CO[C@@H](O[C@H]2[C@H](O[C@H]3C#C/C=C\C#C[C@]4(O)CC(=O)C(NC(=O)OC)=C3/C4=C\CSSC(C)(C)CCC(=O)NCCNC(=O)CCOCCOCCOCCOCCOCCOCCOCCOCCNC(=O)CCN3C(=O)C=CC3=O)O[C@H](C)[C@@H](NO[C@H]3C[C@H](O)[C@H](SC(=O)c4c(I)c(I)c(O[C@@H]5O[C@@H](C)[C@H](O)[C@@H](OC)[C@H]5O)c(OC)c4OC)[C@@H](C)O3)[C@@H]2C)C[C@@H]1OC. The van der Waals surface area contributed by atoms with Crippen molar-refractivity contribution in [3.8, 4) is 40.9 Å². The molecule has 41 nitrogen and oxygen atoms in total. The third-order valence-electron chi connectivity index (χ3n) is 22.5. The summed E-state index contributed by atoms with van der Waals surface area (Å²) < 4.78 is 118. The maximum Gasteiger partial charge on any atom is 0.411 e. The molecule has 7 amide bonds. The van der Waals surface area contributed by atoms with E-state index in [0.29, 0.717) is 119 Å². The van der Waals surface area contributed by atoms with E-state index in [1.54, 1.807) is 31.7 Å². The highest BCUT2D eigenvalue weighted by Gasteiger charge is 2.52. The molecule has 762 valence electrons. The molecule has 0 spiro atoms. The van der Waals surface area contributed by atoms with Crippen LogP contribution in [0.1, 0.15) is 111 Å². The van der Waals surface area contributed by atoms with Crippen molar-refractivity contribution in [1.29, 1.82) is 0 Å². The van der Waals surface area contributed by atoms with Gasteiger partial charge in [-0.15, -0.1) is 0 Å². The molecule has 0 radical (unpaired) electrons. The predicted octanol–water partition coefficient (Wildman–Crippen LogP) is 3.49. The van der Waals surface area contributed by atoms with Crippen LogP contribution in [0.25, 0.3) is 0 Å². The Morgan fingerprint density at radius 2 is 1.23 bits per heavy atom. The highest BCUT2D eigenvalue weighted by atomic mass is 127. The summed E-state index contributed by atoms with van der Waals surface area (Å²) in [6.07, 6.45) is -9.28. The number of nitrogens with one attached hydrogen (secondary N) is 5. The van der Waals surface area contributed by atoms with Gasteiger partial charge in [-0.1, -0.05) is 70.0 Å². The van der Waals surface area contributed by atoms with Crippen LogP contribution in [0.15, 0.2) is 47.2 Å². The molecule has 5 aliphatic heterocycles. The molecule has 4 fully saturated rings. The summed E-state index contributed by atoms with van der Waals surface area (Å²) >= 11 is 4.81. The zero-order valence-electron chi connectivity index (χ0n) is 78.9. The van der Waals surface area contributed by atoms with Crippen molar-refractivity contribution < 1.29 is 163 Å². The second-order valence-corrected chi connectivity index (χ2v) is 38.9. The lowest BCUT2D eigenvalue weighted by molar-refractivity contribution is -0.328. The number of amides is 7. The van der Waals surface area contributed by atoms with E-state index in [1.165, 1.54) is 81.3 Å². The topological polar surface area (TPSA) is 495 Å². The van der Waals surface area contributed by atoms with E-state index in [-0.39, 0.29) is 141 Å². The number of imide groups is 1. The monoisotopic (exact) mass is 2200 g/mol. The Bertz CT molecular complexity index is 4320. The van der Waals surface area contributed by atoms with Crippen molar-refractivity contribution in [2.75, 3.05) is 186 Å². The van der Waals surface area contributed by atoms with Gasteiger partial charge in [0.2, 0.25) is 40.8 Å². The Hall–Kier alpha value is -6.04. The van der Waals surface area contributed by atoms with Gasteiger partial charge in [0.15, 0.2) is 41.8 Å². The van der Waals surface area contributed by atoms with Crippen LogP contribution in [0.4, 0.5) is 4.79 Å². The fourth-order valence-corrected chi connectivity index (χ4v) is 20.4. The molecule has 1 aromatic carbocycles. The second kappa shape index (κ2) is 59.8. The third-order valence-corrected chi connectivity index (χ3v) is 30.2. The van der Waals surface area contributed by atoms with Crippen molar-refractivity contribution in [1.82, 2.24) is 36.5 Å². The van der Waals surface area contributed by atoms with Gasteiger partial charge in [0.1, 0.15) is 30.5 Å². The first kappa shape index (κ1) is 115. The number of allylic oxidation sites excluding steroid dienone is 3. The summed E-state index contributed by atoms with van der Waals surface area (Å²) in [5, 5.41) is 56.1. The van der Waals surface area contributed by atoms with Crippen LogP contribution in [-0.2, 0) is 119 Å². The summed E-state index contributed by atoms with van der Waals surface area (Å²) in [4.78, 5) is 125. The number of ether oxygens (including phenoxy) is 20. The zero-order chi connectivity index (χ0) is 99.0. The maximum absolute atomic E-state index is 14.6. The molecule has 0 saturated carbocycles. The van der Waals surface area contributed by atoms with Crippen LogP contribution in [0.2, 0.25) is 0 Å². The van der Waals surface area contributed by atoms with E-state index >= 15 is 0 Å². The number of fused-ring (bicyclic) bond motifs is 2. The number of carbonyl (C=O) groups is 9. The van der Waals surface area contributed by atoms with E-state index in [2.05, 4.69) is 50.4 Å². The lowest BCUT2D eigenvalue weighted by Crippen LogP contribution is -2.62. The number of alkyl carbamates (subject to hydrolysis) is 1. The molecule has 136 heavy (non-hydrogen) atoms. The number of hydrogen-bond acceptors (Lipinski definition) is 38. The largest absolute Gasteiger partial charge is 0.492 e. The van der Waals surface area contributed by atoms with Crippen LogP contribution in [-0.4, -0.2) is 383 Å². The molecular weight excluding hydrogens is 2070 g/mol. The highest BCUT2D eigenvalue weighted by molar-refractivity contribution is 14.1. The van der Waals surface area contributed by atoms with E-state index in [0.717, 1.165) is 23.8 Å². The molecule has 5 heterocycles. The first-order chi connectivity index (χ1) is 65.2. The number of likely N-dealkylation sites (N-methyl/N-ethyl adjacent to an activating group) is 1. The van der Waals surface area contributed by atoms with E-state index in [9.17, 15) is 63.6 Å². The van der Waals surface area contributed by atoms with Crippen molar-refractivity contribution in [2.45, 2.75) is 214 Å². The number of halogens is 2. The van der Waals surface area contributed by atoms with Crippen molar-refractivity contribution in [3.05, 3.63) is 59.9 Å². The molecule has 9 N–H and O–H groups in total. The molecule has 0 aromatic heterocycles. The fraction of sp³-hybridized carbons (Fsp3) is 0.700. The Kier molecular flexibility index (Phi) is 50.6. The highest BCUT2D eigenvalue weighted by Crippen LogP contribution is 2.50. The summed E-state index contributed by atoms with van der Waals surface area (Å²) in [6.45, 7) is 20.9. The zero-order valence-corrected chi connectivity index (χ0v) is 85.7. The van der Waals surface area contributed by atoms with E-state index in [1.807, 2.05) is 72.9 Å². The minimum absolute atomic E-state index is 0.00742. The number of hydrogen-bond donors (Lipinski definition) is 9. The van der Waals surface area contributed by atoms with E-state index in [4.69, 9.17) is 99.6 Å². The predicted molar refractivity (Wildman–Crippen MR) is 511 cm³/mol. The van der Waals surface area contributed by atoms with Gasteiger partial charge < -0.3 is 136 Å². The Labute approximate surface area is 832 Å². The van der Waals surface area contributed by atoms with Crippen LogP contribution in [0.3, 0.4) is 0 Å². The summed E-state index contributed by atoms with van der Waals surface area (Å²) in [5.74, 6) is 8.85. The number of carbonyl (C=O) groups excluding carboxylic acids is 9. The number of nitrogens with zero attached hydrogens (tertiary/aromatic N) is 2. The number of hydroxylamine groups is 1. The third kappa shape index (κ3) is 35.2. The number of aliphatic hydroxyl groups excluding tert-OH is 3. The van der Waals surface area contributed by atoms with Gasteiger partial charge in [-0.25, -0.2) is 4.79 Å². The molecule has 2 bridgehead atoms. The van der Waals surface area contributed by atoms with Crippen LogP contribution in [0, 0.1) is 36.7 Å². The number of rotatable bonds is 58. The fourth-order valence-electron chi connectivity index (χ4n) is 15.3. The standard InChI is InChI=1S/C90H131I2N7O34S3/c1-14-98(57(6)100)59-52-126-69(50-63(59)113-9)131-79-53(2)75(97-133-70-49-60(101)84(56(5)127-70)135-85(110)72-73(91)74(92)81(83(116-12)80(72)114-10)132-86-78(109)82(115-11)77(108)55(4)129-86)54(3)128-87(79)130-62-19-17-15-16-18-26-90(112)51-61(102)76(96-88(111)117-13)71(62)58(90)25-48-134-136-89(7,8)27-22-64(103)93-28-29-94-66(105)24-32-118-34-36-120-38-40-122-42-44-124-46-47-125-45-43-123-41-39-121-37-35-119-33-30-95-65(104)23-31-99-67(106)20-21-68(99)107/h15-16,20-21,25,53-56,59-60,62-63,69-70,75,77-79,82,84,86-87,97,101,108-109,112H,14,22-24,27-52H2,1-13H3,(H,93,103)(H,94,105)(H,95,104)(H,96,111)/b16-15-,58-25+/t53-,54+,55-,56+,59-,60-,62-,63-,69-,70-,75-,77-,78+,79+,82+,84+,86-,87-,90-/m0/s1. The number of benzene rings is 1. The van der Waals surface area contributed by atoms with Crippen LogP contribution >= 0.6 is 78.5 Å². The van der Waals surface area contributed by atoms with Crippen molar-refractivity contribution in [2.24, 2.45) is 5.92 Å². The molecule has 7 aliphatic rings. The average Bonchev–Trinajstić information content (AvgIpc) is 0.971. The smallest absolute Gasteiger partial charge is 0.411 e. The molecule has 4 saturated heterocycles. The Morgan fingerprint density at radius 3 is 1.80 bits per heavy atom. The first-order valence-corrected chi connectivity index (χ1v) is 50.3. The van der Waals surface area contributed by atoms with E-state index < -0.39 is 155 Å². The maximum atomic E-state index is 14.6. The molecule has 8 rings (SSSR count). The number of methoxy groups -OCH3 is 5. The molecule has 0 unspecified atom stereocenters. The summed E-state index contributed by atoms with van der Waals surface area (Å²) in [6, 6.07) is -1.24. The molecule has 46 heteroatoms. The van der Waals surface area contributed by atoms with Gasteiger partial charge in [0.25, 0.3) is 11.8 Å². The van der Waals surface area contributed by atoms with Gasteiger partial charge in [0.05, 0.1) is 203 Å². The lowest BCUT2D eigenvalue weighted by atomic mass is 9.75. The van der Waals surface area contributed by atoms with Gasteiger partial charge in [-0.05, 0) is 105 Å². The molecule has 2 aliphatic carbocycles. The molecule has 19 atom stereocenters. The van der Waals surface area contributed by atoms with Gasteiger partial charge in [-0.2, -0.15) is 5.48 Å². The number of thioether (sulfide) groups is 1. The molecular formula is C90H131I2N7O34S3. The Balaban J connectivity index is 0.773. The first-order valence-electron chi connectivity index (χ1n) is 44.9. The van der Waals surface area contributed by atoms with Gasteiger partial charge in [0, 0.05) is 129 Å². The molecule has 1 aromatic rings. The Morgan fingerprint density at radius 1 is 0.654 bits per heavy atom. The van der Waals surface area contributed by atoms with Crippen molar-refractivity contribution in [3.63, 3.8) is 0 Å². The van der Waals surface area contributed by atoms with Crippen LogP contribution in [0.5, 0.6) is 17.2 Å². The number of Topliss-reactive ketones (excluding diaryl/α,β-unsaturated/α-hetero) is 1. The van der Waals surface area contributed by atoms with Crippen molar-refractivity contribution >= 4 is 131 Å². The van der Waals surface area contributed by atoms with Gasteiger partial charge >= 0.3 is 6.09 Å². The number of ketones is 1. The quantitative estimate of drug-likeness (QED) is 0.0112. The summed E-state index contributed by atoms with van der Waals surface area (Å²) in [7, 11) is 9.59. The lowest BCUT2D eigenvalue weighted by Gasteiger charge is -2.48. The van der Waals surface area contributed by atoms with Gasteiger partial charge in [-0.3, -0.25) is 53.4 Å². The number of aliphatic hydroxyl groups is 4. The normalized spacial score (nSPS) is 27.2. The minimum atomic E-state index is -2.18. The average molecular weight is 2210 g/mol. The van der Waals surface area contributed by atoms with Crippen LogP contribution < -0.4 is 41.0 Å². The summed E-state index contributed by atoms with van der Waals surface area (Å²) in [5.41, 5.74) is 0.807.